The molecular formula is C16H17NO3. The number of hydrogen-bond acceptors (Lipinski definition) is 3. The first kappa shape index (κ1) is 14.1. The number of carbonyl (C=O) groups is 1. The molecule has 0 aliphatic carbocycles. The van der Waals surface area contributed by atoms with Crippen molar-refractivity contribution in [2.24, 2.45) is 0 Å². The average Bonchev–Trinajstić information content (AvgIpc) is 2.35. The first-order chi connectivity index (χ1) is 9.38. The number of aromatic carboxylic acids is 1. The standard InChI is InChI=1S/C16H17NO3/c1-9-7-10(2)12(4)14(8-9)20-15-13(16(18)19)6-5-11(3)17-15/h5-8H,1-4H3,(H,18,19). The Hall–Kier alpha value is -2.36. The van der Waals surface area contributed by atoms with Gasteiger partial charge < -0.3 is 9.84 Å². The van der Waals surface area contributed by atoms with Crippen molar-refractivity contribution in [1.29, 1.82) is 0 Å². The molecule has 0 aliphatic heterocycles. The lowest BCUT2D eigenvalue weighted by Crippen LogP contribution is -2.03. The number of nitrogens with zero attached hydrogens (tertiary/aromatic N) is 1. The van der Waals surface area contributed by atoms with E-state index in [1.807, 2.05) is 26.8 Å². The van der Waals surface area contributed by atoms with Crippen LogP contribution in [0.15, 0.2) is 24.3 Å². The Morgan fingerprint density at radius 3 is 2.50 bits per heavy atom. The minimum atomic E-state index is -1.05. The van der Waals surface area contributed by atoms with Gasteiger partial charge in [0.2, 0.25) is 5.88 Å². The molecule has 4 heteroatoms. The summed E-state index contributed by atoms with van der Waals surface area (Å²) >= 11 is 0. The molecule has 0 radical (unpaired) electrons. The highest BCUT2D eigenvalue weighted by Crippen LogP contribution is 2.29. The van der Waals surface area contributed by atoms with Crippen molar-refractivity contribution >= 4 is 5.97 Å². The number of carboxylic acids is 1. The van der Waals surface area contributed by atoms with E-state index in [-0.39, 0.29) is 11.4 Å². The van der Waals surface area contributed by atoms with Crippen LogP contribution < -0.4 is 4.74 Å². The average molecular weight is 271 g/mol. The second kappa shape index (κ2) is 5.33. The highest BCUT2D eigenvalue weighted by molar-refractivity contribution is 5.90. The summed E-state index contributed by atoms with van der Waals surface area (Å²) in [5, 5.41) is 9.19. The smallest absolute Gasteiger partial charge is 0.341 e. The van der Waals surface area contributed by atoms with Gasteiger partial charge in [-0.3, -0.25) is 0 Å². The van der Waals surface area contributed by atoms with Crippen LogP contribution in [-0.4, -0.2) is 16.1 Å². The SMILES string of the molecule is Cc1cc(C)c(C)c(Oc2nc(C)ccc2C(=O)O)c1. The Labute approximate surface area is 118 Å². The molecule has 2 aromatic rings. The van der Waals surface area contributed by atoms with Crippen molar-refractivity contribution in [2.45, 2.75) is 27.7 Å². The van der Waals surface area contributed by atoms with Gasteiger partial charge in [-0.25, -0.2) is 9.78 Å². The topological polar surface area (TPSA) is 59.4 Å². The Balaban J connectivity index is 2.50. The Morgan fingerprint density at radius 2 is 1.85 bits per heavy atom. The normalized spacial score (nSPS) is 10.4. The van der Waals surface area contributed by atoms with Crippen LogP contribution in [-0.2, 0) is 0 Å². The van der Waals surface area contributed by atoms with Gasteiger partial charge >= 0.3 is 5.97 Å². The molecule has 1 aromatic heterocycles. The number of pyridine rings is 1. The van der Waals surface area contributed by atoms with Gasteiger partial charge in [0, 0.05) is 5.69 Å². The van der Waals surface area contributed by atoms with E-state index in [2.05, 4.69) is 11.1 Å². The van der Waals surface area contributed by atoms with Crippen molar-refractivity contribution in [3.8, 4) is 11.6 Å². The summed E-state index contributed by atoms with van der Waals surface area (Å²) in [5.74, 6) is -0.275. The minimum absolute atomic E-state index is 0.0640. The molecule has 0 atom stereocenters. The summed E-state index contributed by atoms with van der Waals surface area (Å²) < 4.78 is 5.75. The van der Waals surface area contributed by atoms with Crippen molar-refractivity contribution in [2.75, 3.05) is 0 Å². The van der Waals surface area contributed by atoms with Crippen LogP contribution in [0, 0.1) is 27.7 Å². The van der Waals surface area contributed by atoms with E-state index in [0.29, 0.717) is 11.4 Å². The Bertz CT molecular complexity index is 678. The van der Waals surface area contributed by atoms with E-state index in [4.69, 9.17) is 4.74 Å². The first-order valence-electron chi connectivity index (χ1n) is 6.35. The summed E-state index contributed by atoms with van der Waals surface area (Å²) in [6.07, 6.45) is 0. The fourth-order valence-electron chi connectivity index (χ4n) is 1.98. The fourth-order valence-corrected chi connectivity index (χ4v) is 1.98. The first-order valence-corrected chi connectivity index (χ1v) is 6.35. The maximum atomic E-state index is 11.2. The van der Waals surface area contributed by atoms with Gasteiger partial charge in [0.25, 0.3) is 0 Å². The second-order valence-electron chi connectivity index (χ2n) is 4.92. The van der Waals surface area contributed by atoms with E-state index in [0.717, 1.165) is 16.7 Å². The molecule has 2 rings (SSSR count). The molecule has 20 heavy (non-hydrogen) atoms. The van der Waals surface area contributed by atoms with Gasteiger partial charge in [-0.1, -0.05) is 6.07 Å². The maximum Gasteiger partial charge on any atom is 0.341 e. The monoisotopic (exact) mass is 271 g/mol. The van der Waals surface area contributed by atoms with E-state index in [1.165, 1.54) is 6.07 Å². The van der Waals surface area contributed by atoms with Crippen molar-refractivity contribution in [3.05, 3.63) is 52.2 Å². The maximum absolute atomic E-state index is 11.2. The van der Waals surface area contributed by atoms with Crippen LogP contribution in [0.2, 0.25) is 0 Å². The van der Waals surface area contributed by atoms with Crippen molar-refractivity contribution in [3.63, 3.8) is 0 Å². The van der Waals surface area contributed by atoms with Crippen LogP contribution in [0.1, 0.15) is 32.7 Å². The third-order valence-electron chi connectivity index (χ3n) is 3.20. The molecule has 0 spiro atoms. The van der Waals surface area contributed by atoms with Crippen LogP contribution in [0.4, 0.5) is 0 Å². The lowest BCUT2D eigenvalue weighted by atomic mass is 10.1. The lowest BCUT2D eigenvalue weighted by molar-refractivity contribution is 0.0693. The molecule has 1 aromatic carbocycles. The van der Waals surface area contributed by atoms with Gasteiger partial charge in [0.15, 0.2) is 0 Å². The van der Waals surface area contributed by atoms with E-state index >= 15 is 0 Å². The van der Waals surface area contributed by atoms with E-state index in [1.54, 1.807) is 13.0 Å². The summed E-state index contributed by atoms with van der Waals surface area (Å²) in [6.45, 7) is 7.71. The summed E-state index contributed by atoms with van der Waals surface area (Å²) in [7, 11) is 0. The molecule has 0 unspecified atom stereocenters. The van der Waals surface area contributed by atoms with Gasteiger partial charge in [0.1, 0.15) is 11.3 Å². The highest BCUT2D eigenvalue weighted by atomic mass is 16.5. The van der Waals surface area contributed by atoms with Crippen molar-refractivity contribution < 1.29 is 14.6 Å². The summed E-state index contributed by atoms with van der Waals surface area (Å²) in [4.78, 5) is 15.4. The zero-order valence-electron chi connectivity index (χ0n) is 12.0. The Morgan fingerprint density at radius 1 is 1.15 bits per heavy atom. The molecule has 0 saturated heterocycles. The molecule has 4 nitrogen and oxygen atoms in total. The third-order valence-corrected chi connectivity index (χ3v) is 3.20. The van der Waals surface area contributed by atoms with Gasteiger partial charge in [-0.05, 0) is 62.6 Å². The van der Waals surface area contributed by atoms with Crippen LogP contribution in [0.3, 0.4) is 0 Å². The molecule has 104 valence electrons. The molecule has 0 bridgehead atoms. The Kier molecular flexibility index (Phi) is 3.74. The van der Waals surface area contributed by atoms with Gasteiger partial charge in [-0.2, -0.15) is 0 Å². The largest absolute Gasteiger partial charge is 0.477 e. The zero-order chi connectivity index (χ0) is 14.9. The molecule has 1 heterocycles. The number of aromatic nitrogens is 1. The summed E-state index contributed by atoms with van der Waals surface area (Å²) in [6, 6.07) is 7.12. The number of aryl methyl sites for hydroxylation is 3. The number of ether oxygens (including phenoxy) is 1. The molecule has 0 fully saturated rings. The number of carboxylic acid groups (broad SMARTS) is 1. The van der Waals surface area contributed by atoms with Crippen LogP contribution >= 0.6 is 0 Å². The lowest BCUT2D eigenvalue weighted by Gasteiger charge is -2.13. The predicted molar refractivity (Wildman–Crippen MR) is 76.7 cm³/mol. The molecule has 0 amide bonds. The fraction of sp³-hybridized carbons (Fsp3) is 0.250. The van der Waals surface area contributed by atoms with Crippen LogP contribution in [0.25, 0.3) is 0 Å². The van der Waals surface area contributed by atoms with E-state index in [9.17, 15) is 9.90 Å². The minimum Gasteiger partial charge on any atom is -0.477 e. The number of benzene rings is 1. The highest BCUT2D eigenvalue weighted by Gasteiger charge is 2.15. The molecular weight excluding hydrogens is 254 g/mol. The zero-order valence-corrected chi connectivity index (χ0v) is 12.0. The molecule has 0 saturated carbocycles. The van der Waals surface area contributed by atoms with Gasteiger partial charge in [0.05, 0.1) is 0 Å². The van der Waals surface area contributed by atoms with Crippen molar-refractivity contribution in [1.82, 2.24) is 4.98 Å². The predicted octanol–water partition coefficient (Wildman–Crippen LogP) is 3.81. The second-order valence-corrected chi connectivity index (χ2v) is 4.92. The number of rotatable bonds is 3. The number of hydrogen-bond donors (Lipinski definition) is 1. The van der Waals surface area contributed by atoms with E-state index < -0.39 is 5.97 Å². The quantitative estimate of drug-likeness (QED) is 0.922. The van der Waals surface area contributed by atoms with Gasteiger partial charge in [-0.15, -0.1) is 0 Å². The molecule has 1 N–H and O–H groups in total. The molecule has 0 aliphatic rings. The third kappa shape index (κ3) is 2.79. The summed E-state index contributed by atoms with van der Waals surface area (Å²) in [5.41, 5.74) is 3.92. The van der Waals surface area contributed by atoms with Crippen LogP contribution in [0.5, 0.6) is 11.6 Å².